The molecule has 1 heterocycles. The van der Waals surface area contributed by atoms with Gasteiger partial charge in [0.05, 0.1) is 23.9 Å². The predicted octanol–water partition coefficient (Wildman–Crippen LogP) is 1.34. The van der Waals surface area contributed by atoms with Crippen molar-refractivity contribution in [2.24, 2.45) is 0 Å². The zero-order chi connectivity index (χ0) is 10.1. The first-order valence-corrected chi connectivity index (χ1v) is 4.77. The quantitative estimate of drug-likeness (QED) is 0.726. The highest BCUT2D eigenvalue weighted by Gasteiger charge is 2.42. The highest BCUT2D eigenvalue weighted by atomic mass is 16.6. The van der Waals surface area contributed by atoms with Crippen molar-refractivity contribution in [1.82, 2.24) is 0 Å². The average molecular weight is 188 g/mol. The smallest absolute Gasteiger partial charge is 0.0890 e. The molecule has 0 aromatic carbocycles. The molecule has 0 aromatic rings. The van der Waals surface area contributed by atoms with E-state index in [-0.39, 0.29) is 23.9 Å². The zero-order valence-electron chi connectivity index (χ0n) is 8.96. The van der Waals surface area contributed by atoms with E-state index in [2.05, 4.69) is 0 Å². The van der Waals surface area contributed by atoms with E-state index < -0.39 is 0 Å². The maximum atomic E-state index is 9.12. The van der Waals surface area contributed by atoms with E-state index in [1.807, 2.05) is 20.8 Å². The van der Waals surface area contributed by atoms with Gasteiger partial charge in [-0.1, -0.05) is 0 Å². The summed E-state index contributed by atoms with van der Waals surface area (Å²) in [6.07, 6.45) is 1.95. The van der Waals surface area contributed by atoms with Crippen LogP contribution in [0, 0.1) is 0 Å². The third kappa shape index (κ3) is 2.22. The summed E-state index contributed by atoms with van der Waals surface area (Å²) in [6, 6.07) is 0. The van der Waals surface area contributed by atoms with Gasteiger partial charge in [-0.3, -0.25) is 0 Å². The summed E-state index contributed by atoms with van der Waals surface area (Å²) >= 11 is 0. The van der Waals surface area contributed by atoms with Crippen LogP contribution in [0.4, 0.5) is 0 Å². The lowest BCUT2D eigenvalue weighted by Crippen LogP contribution is -2.40. The summed E-state index contributed by atoms with van der Waals surface area (Å²) in [5.41, 5.74) is -0.618. The first kappa shape index (κ1) is 11.0. The van der Waals surface area contributed by atoms with Crippen LogP contribution in [-0.2, 0) is 9.47 Å². The minimum absolute atomic E-state index is 0.0866. The molecule has 1 aliphatic rings. The van der Waals surface area contributed by atoms with Gasteiger partial charge in [0, 0.05) is 7.11 Å². The predicted molar refractivity (Wildman–Crippen MR) is 50.7 cm³/mol. The number of hydrogen-bond donors (Lipinski definition) is 1. The van der Waals surface area contributed by atoms with E-state index in [1.165, 1.54) is 0 Å². The molecule has 1 aliphatic heterocycles. The molecule has 0 radical (unpaired) electrons. The van der Waals surface area contributed by atoms with Crippen molar-refractivity contribution in [3.8, 4) is 0 Å². The molecule has 1 saturated heterocycles. The lowest BCUT2D eigenvalue weighted by molar-refractivity contribution is -0.141. The van der Waals surface area contributed by atoms with Crippen molar-refractivity contribution in [1.29, 1.82) is 0 Å². The summed E-state index contributed by atoms with van der Waals surface area (Å²) in [5, 5.41) is 9.12. The molecule has 3 heteroatoms. The number of aliphatic hydroxyl groups excluding tert-OH is 1. The average Bonchev–Trinajstić information content (AvgIpc) is 2.50. The number of methoxy groups -OCH3 is 1. The first-order chi connectivity index (χ1) is 5.93. The molecule has 0 aromatic heterocycles. The summed E-state index contributed by atoms with van der Waals surface area (Å²) in [7, 11) is 1.69. The van der Waals surface area contributed by atoms with E-state index in [9.17, 15) is 0 Å². The van der Waals surface area contributed by atoms with Crippen molar-refractivity contribution < 1.29 is 14.6 Å². The normalized spacial score (nSPS) is 35.3. The van der Waals surface area contributed by atoms with Gasteiger partial charge in [0.2, 0.25) is 0 Å². The van der Waals surface area contributed by atoms with E-state index in [4.69, 9.17) is 14.6 Å². The SMILES string of the molecule is COC(C)(C)C1CCC(C)(CO)O1. The third-order valence-corrected chi connectivity index (χ3v) is 3.00. The molecule has 3 nitrogen and oxygen atoms in total. The Labute approximate surface area is 80.0 Å². The summed E-state index contributed by atoms with van der Waals surface area (Å²) < 4.78 is 11.1. The minimum atomic E-state index is -0.361. The number of ether oxygens (including phenoxy) is 2. The zero-order valence-corrected chi connectivity index (χ0v) is 8.96. The molecule has 1 rings (SSSR count). The van der Waals surface area contributed by atoms with Crippen LogP contribution in [0.1, 0.15) is 33.6 Å². The second-order valence-corrected chi connectivity index (χ2v) is 4.56. The molecule has 0 bridgehead atoms. The summed E-state index contributed by atoms with van der Waals surface area (Å²) in [5.74, 6) is 0. The Balaban J connectivity index is 2.59. The van der Waals surface area contributed by atoms with Gasteiger partial charge in [-0.2, -0.15) is 0 Å². The van der Waals surface area contributed by atoms with Crippen LogP contribution in [0.15, 0.2) is 0 Å². The fraction of sp³-hybridized carbons (Fsp3) is 1.00. The standard InChI is InChI=1S/C10H20O3/c1-9(2,12-4)8-5-6-10(3,7-11)13-8/h8,11H,5-7H2,1-4H3. The maximum Gasteiger partial charge on any atom is 0.0890 e. The Bertz CT molecular complexity index is 179. The second kappa shape index (κ2) is 3.56. The van der Waals surface area contributed by atoms with E-state index >= 15 is 0 Å². The van der Waals surface area contributed by atoms with Gasteiger partial charge < -0.3 is 14.6 Å². The van der Waals surface area contributed by atoms with Crippen molar-refractivity contribution in [3.63, 3.8) is 0 Å². The molecule has 13 heavy (non-hydrogen) atoms. The molecule has 0 spiro atoms. The molecule has 1 N–H and O–H groups in total. The molecule has 2 unspecified atom stereocenters. The molecule has 78 valence electrons. The van der Waals surface area contributed by atoms with Gasteiger partial charge in [-0.25, -0.2) is 0 Å². The summed E-state index contributed by atoms with van der Waals surface area (Å²) in [6.45, 7) is 6.06. The van der Waals surface area contributed by atoms with Crippen molar-refractivity contribution in [3.05, 3.63) is 0 Å². The van der Waals surface area contributed by atoms with Crippen LogP contribution in [0.5, 0.6) is 0 Å². The number of aliphatic hydroxyl groups is 1. The fourth-order valence-electron chi connectivity index (χ4n) is 1.63. The Hall–Kier alpha value is -0.120. The van der Waals surface area contributed by atoms with Gasteiger partial charge >= 0.3 is 0 Å². The Kier molecular flexibility index (Phi) is 3.00. The van der Waals surface area contributed by atoms with Gasteiger partial charge in [0.25, 0.3) is 0 Å². The van der Waals surface area contributed by atoms with Gasteiger partial charge in [0.15, 0.2) is 0 Å². The Morgan fingerprint density at radius 3 is 2.62 bits per heavy atom. The van der Waals surface area contributed by atoms with Crippen LogP contribution in [0.3, 0.4) is 0 Å². The van der Waals surface area contributed by atoms with Crippen LogP contribution in [0.2, 0.25) is 0 Å². The van der Waals surface area contributed by atoms with Crippen LogP contribution in [0.25, 0.3) is 0 Å². The molecule has 1 fully saturated rings. The van der Waals surface area contributed by atoms with Crippen LogP contribution < -0.4 is 0 Å². The molecule has 2 atom stereocenters. The van der Waals surface area contributed by atoms with Gasteiger partial charge in [-0.15, -0.1) is 0 Å². The molecular formula is C10H20O3. The Morgan fingerprint density at radius 1 is 1.62 bits per heavy atom. The fourth-order valence-corrected chi connectivity index (χ4v) is 1.63. The van der Waals surface area contributed by atoms with E-state index in [1.54, 1.807) is 7.11 Å². The molecule has 0 amide bonds. The van der Waals surface area contributed by atoms with Crippen molar-refractivity contribution in [2.45, 2.75) is 50.9 Å². The lowest BCUT2D eigenvalue weighted by Gasteiger charge is -2.32. The van der Waals surface area contributed by atoms with Crippen LogP contribution in [-0.4, -0.2) is 36.1 Å². The van der Waals surface area contributed by atoms with E-state index in [0.717, 1.165) is 12.8 Å². The monoisotopic (exact) mass is 188 g/mol. The van der Waals surface area contributed by atoms with Crippen molar-refractivity contribution in [2.75, 3.05) is 13.7 Å². The Morgan fingerprint density at radius 2 is 2.23 bits per heavy atom. The van der Waals surface area contributed by atoms with Gasteiger partial charge in [-0.05, 0) is 33.6 Å². The third-order valence-electron chi connectivity index (χ3n) is 3.00. The first-order valence-electron chi connectivity index (χ1n) is 4.77. The molecule has 0 aliphatic carbocycles. The largest absolute Gasteiger partial charge is 0.393 e. The molecular weight excluding hydrogens is 168 g/mol. The topological polar surface area (TPSA) is 38.7 Å². The highest BCUT2D eigenvalue weighted by Crippen LogP contribution is 2.35. The molecule has 0 saturated carbocycles. The second-order valence-electron chi connectivity index (χ2n) is 4.56. The van der Waals surface area contributed by atoms with Gasteiger partial charge in [0.1, 0.15) is 0 Å². The number of rotatable bonds is 3. The highest BCUT2D eigenvalue weighted by molar-refractivity contribution is 4.92. The lowest BCUT2D eigenvalue weighted by atomic mass is 9.97. The maximum absolute atomic E-state index is 9.12. The van der Waals surface area contributed by atoms with Crippen molar-refractivity contribution >= 4 is 0 Å². The van der Waals surface area contributed by atoms with Crippen LogP contribution >= 0.6 is 0 Å². The van der Waals surface area contributed by atoms with E-state index in [0.29, 0.717) is 0 Å². The summed E-state index contributed by atoms with van der Waals surface area (Å²) in [4.78, 5) is 0. The minimum Gasteiger partial charge on any atom is -0.393 e. The number of hydrogen-bond acceptors (Lipinski definition) is 3.